The van der Waals surface area contributed by atoms with Crippen molar-refractivity contribution in [2.45, 2.75) is 25.1 Å². The lowest BCUT2D eigenvalue weighted by Gasteiger charge is -2.32. The molecule has 1 aliphatic heterocycles. The van der Waals surface area contributed by atoms with Crippen LogP contribution in [0.4, 0.5) is 0 Å². The topological polar surface area (TPSA) is 115 Å². The minimum absolute atomic E-state index is 0.349. The van der Waals surface area contributed by atoms with E-state index >= 15 is 0 Å². The van der Waals surface area contributed by atoms with Crippen molar-refractivity contribution >= 4 is 5.97 Å². The van der Waals surface area contributed by atoms with E-state index in [1.54, 1.807) is 0 Å². The highest BCUT2D eigenvalue weighted by molar-refractivity contribution is 5.77. The third kappa shape index (κ3) is 2.03. The predicted molar refractivity (Wildman–Crippen MR) is 48.9 cm³/mol. The van der Waals surface area contributed by atoms with Crippen molar-refractivity contribution in [3.8, 4) is 0 Å². The number of nitrogens with zero attached hydrogens (tertiary/aromatic N) is 3. The van der Waals surface area contributed by atoms with Gasteiger partial charge in [-0.3, -0.25) is 0 Å². The molecule has 0 bridgehead atoms. The molecule has 0 spiro atoms. The van der Waals surface area contributed by atoms with Gasteiger partial charge >= 0.3 is 5.97 Å². The minimum atomic E-state index is -1.24. The molecule has 0 radical (unpaired) electrons. The lowest BCUT2D eigenvalue weighted by atomic mass is 9.88. The quantitative estimate of drug-likeness (QED) is 0.502. The summed E-state index contributed by atoms with van der Waals surface area (Å²) in [6.07, 6.45) is -0.986. The van der Waals surface area contributed by atoms with Crippen LogP contribution in [0.1, 0.15) is 6.92 Å². The molecular weight excluding hydrogens is 206 g/mol. The third-order valence-electron chi connectivity index (χ3n) is 2.42. The molecule has 1 aliphatic rings. The number of ether oxygens (including phenoxy) is 1. The van der Waals surface area contributed by atoms with Gasteiger partial charge in [0.05, 0.1) is 0 Å². The lowest BCUT2D eigenvalue weighted by Crippen LogP contribution is -2.50. The van der Waals surface area contributed by atoms with E-state index in [1.807, 2.05) is 0 Å². The summed E-state index contributed by atoms with van der Waals surface area (Å²) in [4.78, 5) is 42.0. The van der Waals surface area contributed by atoms with E-state index in [2.05, 4.69) is 20.3 Å². The number of cyclic esters (lactones) is 1. The van der Waals surface area contributed by atoms with Crippen molar-refractivity contribution in [1.29, 1.82) is 0 Å². The van der Waals surface area contributed by atoms with Crippen molar-refractivity contribution in [3.63, 3.8) is 0 Å². The Balaban J connectivity index is 2.88. The van der Waals surface area contributed by atoms with Gasteiger partial charge in [0.1, 0.15) is 12.6 Å². The van der Waals surface area contributed by atoms with Gasteiger partial charge in [0.2, 0.25) is 0 Å². The Morgan fingerprint density at radius 3 is 2.40 bits per heavy atom. The second-order valence-electron chi connectivity index (χ2n) is 3.29. The number of hydrogen-bond acceptors (Lipinski definition) is 8. The van der Waals surface area contributed by atoms with Crippen LogP contribution in [0, 0.1) is 20.6 Å². The van der Waals surface area contributed by atoms with Crippen LogP contribution in [-0.4, -0.2) is 30.7 Å². The first-order chi connectivity index (χ1) is 7.15. The van der Waals surface area contributed by atoms with Crippen molar-refractivity contribution < 1.29 is 9.53 Å². The van der Waals surface area contributed by atoms with Crippen LogP contribution >= 0.6 is 0 Å². The Bertz CT molecular complexity index is 292. The zero-order valence-electron chi connectivity index (χ0n) is 7.90. The van der Waals surface area contributed by atoms with Gasteiger partial charge < -0.3 is 4.74 Å². The SMILES string of the molecule is C[C@H]1[C@H](N=O)C(CN=O)OC(=O)[C@@H]1N=O. The second-order valence-corrected chi connectivity index (χ2v) is 3.29. The molecule has 1 rings (SSSR count). The van der Waals surface area contributed by atoms with Gasteiger partial charge in [-0.05, 0) is 0 Å². The van der Waals surface area contributed by atoms with Crippen LogP contribution in [0.25, 0.3) is 0 Å². The molecule has 1 heterocycles. The summed E-state index contributed by atoms with van der Waals surface area (Å²) >= 11 is 0. The fourth-order valence-corrected chi connectivity index (χ4v) is 1.55. The average molecular weight is 215 g/mol. The summed E-state index contributed by atoms with van der Waals surface area (Å²) < 4.78 is 4.68. The Kier molecular flexibility index (Phi) is 3.53. The maximum absolute atomic E-state index is 11.2. The molecule has 0 N–H and O–H groups in total. The van der Waals surface area contributed by atoms with Gasteiger partial charge in [-0.25, -0.2) is 4.79 Å². The molecule has 0 saturated carbocycles. The molecule has 1 unspecified atom stereocenters. The molecule has 0 aromatic heterocycles. The first-order valence-corrected chi connectivity index (χ1v) is 4.30. The van der Waals surface area contributed by atoms with Crippen LogP contribution in [0.5, 0.6) is 0 Å². The summed E-state index contributed by atoms with van der Waals surface area (Å²) in [7, 11) is 0. The molecule has 0 aromatic carbocycles. The summed E-state index contributed by atoms with van der Waals surface area (Å²) in [6, 6.07) is -2.20. The Morgan fingerprint density at radius 1 is 1.27 bits per heavy atom. The molecular formula is C7H9N3O5. The molecule has 8 heteroatoms. The van der Waals surface area contributed by atoms with Crippen LogP contribution < -0.4 is 0 Å². The van der Waals surface area contributed by atoms with E-state index in [1.165, 1.54) is 6.92 Å². The normalized spacial score (nSPS) is 35.4. The van der Waals surface area contributed by atoms with Crippen molar-refractivity contribution in [3.05, 3.63) is 14.7 Å². The van der Waals surface area contributed by atoms with Gasteiger partial charge in [-0.1, -0.05) is 22.5 Å². The standard InChI is InChI=1S/C7H9N3O5/c1-3-5(9-13)4(2-8-12)15-7(11)6(3)10-14/h3-6H,2H2,1H3/t3-,4?,5-,6+/m0/s1. The van der Waals surface area contributed by atoms with Crippen LogP contribution in [0.2, 0.25) is 0 Å². The number of rotatable bonds is 4. The molecule has 1 fully saturated rings. The van der Waals surface area contributed by atoms with Gasteiger partial charge in [-0.15, -0.1) is 4.91 Å². The second kappa shape index (κ2) is 4.67. The van der Waals surface area contributed by atoms with E-state index in [4.69, 9.17) is 0 Å². The zero-order valence-corrected chi connectivity index (χ0v) is 7.90. The number of hydrogen-bond donors (Lipinski definition) is 0. The monoisotopic (exact) mass is 215 g/mol. The molecule has 4 atom stereocenters. The summed E-state index contributed by atoms with van der Waals surface area (Å²) in [5.74, 6) is -1.51. The Labute approximate surface area is 84.3 Å². The van der Waals surface area contributed by atoms with Crippen molar-refractivity contribution in [2.24, 2.45) is 21.4 Å². The van der Waals surface area contributed by atoms with E-state index in [-0.39, 0.29) is 6.54 Å². The van der Waals surface area contributed by atoms with E-state index in [0.29, 0.717) is 0 Å². The van der Waals surface area contributed by atoms with E-state index < -0.39 is 30.1 Å². The lowest BCUT2D eigenvalue weighted by molar-refractivity contribution is -0.159. The number of esters is 1. The fourth-order valence-electron chi connectivity index (χ4n) is 1.55. The van der Waals surface area contributed by atoms with Crippen molar-refractivity contribution in [2.75, 3.05) is 6.54 Å². The predicted octanol–water partition coefficient (Wildman–Crippen LogP) is 0.584. The van der Waals surface area contributed by atoms with Gasteiger partial charge in [0.25, 0.3) is 0 Å². The summed E-state index contributed by atoms with van der Waals surface area (Å²) in [5, 5.41) is 7.85. The summed E-state index contributed by atoms with van der Waals surface area (Å²) in [6.45, 7) is 1.13. The van der Waals surface area contributed by atoms with E-state index in [9.17, 15) is 19.5 Å². The molecule has 0 aliphatic carbocycles. The van der Waals surface area contributed by atoms with Gasteiger partial charge in [0, 0.05) is 5.92 Å². The van der Waals surface area contributed by atoms with Crippen LogP contribution in [0.3, 0.4) is 0 Å². The highest BCUT2D eigenvalue weighted by Gasteiger charge is 2.46. The van der Waals surface area contributed by atoms with Gasteiger partial charge in [0.15, 0.2) is 12.1 Å². The van der Waals surface area contributed by atoms with Crippen LogP contribution in [-0.2, 0) is 9.53 Å². The largest absolute Gasteiger partial charge is 0.456 e. The fraction of sp³-hybridized carbons (Fsp3) is 0.857. The maximum Gasteiger partial charge on any atom is 0.335 e. The molecule has 0 amide bonds. The number of carbonyl (C=O) groups excluding carboxylic acids is 1. The molecule has 8 nitrogen and oxygen atoms in total. The third-order valence-corrected chi connectivity index (χ3v) is 2.42. The molecule has 1 saturated heterocycles. The number of carbonyl (C=O) groups is 1. The molecule has 82 valence electrons. The summed E-state index contributed by atoms with van der Waals surface area (Å²) in [5.41, 5.74) is 0. The highest BCUT2D eigenvalue weighted by atomic mass is 16.6. The number of nitroso groups, excluding NO2 is 3. The highest BCUT2D eigenvalue weighted by Crippen LogP contribution is 2.26. The molecule has 15 heavy (non-hydrogen) atoms. The van der Waals surface area contributed by atoms with Crippen molar-refractivity contribution in [1.82, 2.24) is 0 Å². The van der Waals surface area contributed by atoms with E-state index in [0.717, 1.165) is 0 Å². The minimum Gasteiger partial charge on any atom is -0.456 e. The van der Waals surface area contributed by atoms with Crippen LogP contribution in [0.15, 0.2) is 15.5 Å². The first kappa shape index (κ1) is 11.3. The average Bonchev–Trinajstić information content (AvgIpc) is 2.19. The Morgan fingerprint density at radius 2 is 1.93 bits per heavy atom. The van der Waals surface area contributed by atoms with Gasteiger partial charge in [-0.2, -0.15) is 9.81 Å². The maximum atomic E-state index is 11.2. The Hall–Kier alpha value is -1.73. The smallest absolute Gasteiger partial charge is 0.335 e. The first-order valence-electron chi connectivity index (χ1n) is 4.30. The zero-order chi connectivity index (χ0) is 11.4. The molecule has 0 aromatic rings.